The van der Waals surface area contributed by atoms with E-state index in [0.29, 0.717) is 23.2 Å². The second-order valence-corrected chi connectivity index (χ2v) is 6.12. The molecule has 0 atom stereocenters. The molecule has 0 bridgehead atoms. The number of hydrogen-bond acceptors (Lipinski definition) is 6. The summed E-state index contributed by atoms with van der Waals surface area (Å²) >= 11 is 0. The van der Waals surface area contributed by atoms with Gasteiger partial charge in [-0.3, -0.25) is 0 Å². The minimum atomic E-state index is 0.482. The van der Waals surface area contributed by atoms with Crippen LogP contribution in [0.2, 0.25) is 0 Å². The summed E-state index contributed by atoms with van der Waals surface area (Å²) in [7, 11) is 1.64. The Morgan fingerprint density at radius 1 is 1.00 bits per heavy atom. The molecular formula is C20H22N6O. The third-order valence-corrected chi connectivity index (χ3v) is 4.57. The van der Waals surface area contributed by atoms with Crippen molar-refractivity contribution in [1.82, 2.24) is 19.6 Å². The van der Waals surface area contributed by atoms with Gasteiger partial charge in [0.05, 0.1) is 12.6 Å². The number of para-hydroxylation sites is 1. The summed E-state index contributed by atoms with van der Waals surface area (Å²) in [5.74, 6) is 2.84. The van der Waals surface area contributed by atoms with Gasteiger partial charge in [0, 0.05) is 18.5 Å². The number of pyridine rings is 2. The van der Waals surface area contributed by atoms with Crippen molar-refractivity contribution in [2.75, 3.05) is 30.4 Å². The first-order valence-electron chi connectivity index (χ1n) is 9.05. The van der Waals surface area contributed by atoms with Gasteiger partial charge in [0.1, 0.15) is 11.6 Å². The van der Waals surface area contributed by atoms with Crippen molar-refractivity contribution >= 4 is 34.1 Å². The Hall–Kier alpha value is -3.35. The molecule has 7 heteroatoms. The lowest BCUT2D eigenvalue weighted by Crippen LogP contribution is -2.24. The Morgan fingerprint density at radius 2 is 1.81 bits per heavy atom. The lowest BCUT2D eigenvalue weighted by atomic mass is 10.2. The monoisotopic (exact) mass is 362 g/mol. The number of fused-ring (bicyclic) bond motifs is 2. The van der Waals surface area contributed by atoms with Gasteiger partial charge in [-0.2, -0.15) is 9.50 Å². The van der Waals surface area contributed by atoms with E-state index in [4.69, 9.17) is 4.74 Å². The molecule has 0 saturated heterocycles. The number of rotatable bonds is 6. The predicted molar refractivity (Wildman–Crippen MR) is 108 cm³/mol. The van der Waals surface area contributed by atoms with Gasteiger partial charge >= 0.3 is 0 Å². The van der Waals surface area contributed by atoms with Crippen molar-refractivity contribution in [3.05, 3.63) is 48.5 Å². The number of anilines is 3. The molecule has 7 nitrogen and oxygen atoms in total. The highest BCUT2D eigenvalue weighted by Gasteiger charge is 2.15. The topological polar surface area (TPSA) is 67.6 Å². The van der Waals surface area contributed by atoms with E-state index in [0.717, 1.165) is 29.8 Å². The molecule has 0 spiro atoms. The molecule has 0 radical (unpaired) electrons. The SMILES string of the molecule is CCN(CC)c1ccc(OC)c2nc(Nc3ccc4ccccc4n3)nn12. The lowest BCUT2D eigenvalue weighted by Gasteiger charge is -2.21. The van der Waals surface area contributed by atoms with E-state index >= 15 is 0 Å². The molecule has 1 N–H and O–H groups in total. The van der Waals surface area contributed by atoms with Crippen LogP contribution >= 0.6 is 0 Å². The molecule has 138 valence electrons. The third kappa shape index (κ3) is 3.12. The van der Waals surface area contributed by atoms with E-state index in [1.807, 2.05) is 53.0 Å². The first-order chi connectivity index (χ1) is 13.2. The molecule has 4 rings (SSSR count). The van der Waals surface area contributed by atoms with Crippen molar-refractivity contribution in [2.24, 2.45) is 0 Å². The summed E-state index contributed by atoms with van der Waals surface area (Å²) in [5.41, 5.74) is 1.60. The van der Waals surface area contributed by atoms with Crippen LogP contribution in [0.15, 0.2) is 48.5 Å². The molecule has 0 aliphatic heterocycles. The Morgan fingerprint density at radius 3 is 2.59 bits per heavy atom. The van der Waals surface area contributed by atoms with Gasteiger partial charge in [-0.1, -0.05) is 18.2 Å². The third-order valence-electron chi connectivity index (χ3n) is 4.57. The van der Waals surface area contributed by atoms with Crippen molar-refractivity contribution < 1.29 is 4.74 Å². The number of hydrogen-bond donors (Lipinski definition) is 1. The molecule has 0 fully saturated rings. The normalized spacial score (nSPS) is 11.1. The van der Waals surface area contributed by atoms with Crippen LogP contribution in [-0.4, -0.2) is 39.8 Å². The van der Waals surface area contributed by atoms with E-state index in [-0.39, 0.29) is 0 Å². The van der Waals surface area contributed by atoms with Gasteiger partial charge in [0.25, 0.3) is 0 Å². The standard InChI is InChI=1S/C20H22N6O/c1-4-25(5-2)18-13-11-16(27-3)19-23-20(24-26(18)19)22-17-12-10-14-8-6-7-9-15(14)21-17/h6-13H,4-5H2,1-3H3,(H,21,22,24). The van der Waals surface area contributed by atoms with Crippen LogP contribution in [0.1, 0.15) is 13.8 Å². The summed E-state index contributed by atoms with van der Waals surface area (Å²) in [4.78, 5) is 11.5. The molecule has 27 heavy (non-hydrogen) atoms. The van der Waals surface area contributed by atoms with Gasteiger partial charge < -0.3 is 15.0 Å². The van der Waals surface area contributed by atoms with Crippen molar-refractivity contribution in [1.29, 1.82) is 0 Å². The second-order valence-electron chi connectivity index (χ2n) is 6.12. The van der Waals surface area contributed by atoms with E-state index < -0.39 is 0 Å². The zero-order chi connectivity index (χ0) is 18.8. The molecule has 3 aromatic heterocycles. The maximum Gasteiger partial charge on any atom is 0.248 e. The van der Waals surface area contributed by atoms with Crippen molar-refractivity contribution in [3.63, 3.8) is 0 Å². The molecule has 0 amide bonds. The number of methoxy groups -OCH3 is 1. The molecule has 0 unspecified atom stereocenters. The highest BCUT2D eigenvalue weighted by atomic mass is 16.5. The van der Waals surface area contributed by atoms with E-state index in [1.165, 1.54) is 0 Å². The zero-order valence-electron chi connectivity index (χ0n) is 15.7. The van der Waals surface area contributed by atoms with Crippen LogP contribution in [0.5, 0.6) is 5.75 Å². The molecular weight excluding hydrogens is 340 g/mol. The minimum Gasteiger partial charge on any atom is -0.493 e. The summed E-state index contributed by atoms with van der Waals surface area (Å²) < 4.78 is 7.28. The summed E-state index contributed by atoms with van der Waals surface area (Å²) in [6.45, 7) is 6.00. The fourth-order valence-electron chi connectivity index (χ4n) is 3.18. The Balaban J connectivity index is 1.76. The zero-order valence-corrected chi connectivity index (χ0v) is 15.7. The van der Waals surface area contributed by atoms with Crippen LogP contribution in [-0.2, 0) is 0 Å². The van der Waals surface area contributed by atoms with Gasteiger partial charge in [-0.15, -0.1) is 5.10 Å². The molecule has 3 heterocycles. The van der Waals surface area contributed by atoms with E-state index in [9.17, 15) is 0 Å². The molecule has 0 aliphatic carbocycles. The largest absolute Gasteiger partial charge is 0.493 e. The molecule has 0 saturated carbocycles. The Bertz CT molecular complexity index is 1090. The molecule has 1 aromatic carbocycles. The lowest BCUT2D eigenvalue weighted by molar-refractivity contribution is 0.416. The van der Waals surface area contributed by atoms with Gasteiger partial charge in [0.15, 0.2) is 5.75 Å². The van der Waals surface area contributed by atoms with Crippen LogP contribution in [0.25, 0.3) is 16.6 Å². The predicted octanol–water partition coefficient (Wildman–Crippen LogP) is 3.88. The minimum absolute atomic E-state index is 0.482. The maximum atomic E-state index is 5.47. The number of nitrogens with zero attached hydrogens (tertiary/aromatic N) is 5. The second kappa shape index (κ2) is 7.11. The summed E-state index contributed by atoms with van der Waals surface area (Å²) in [6, 6.07) is 15.9. The Labute approximate surface area is 157 Å². The smallest absolute Gasteiger partial charge is 0.248 e. The average Bonchev–Trinajstić information content (AvgIpc) is 3.12. The number of benzene rings is 1. The quantitative estimate of drug-likeness (QED) is 0.561. The van der Waals surface area contributed by atoms with E-state index in [2.05, 4.69) is 39.1 Å². The molecule has 4 aromatic rings. The number of nitrogens with one attached hydrogen (secondary N) is 1. The fraction of sp³-hybridized carbons (Fsp3) is 0.250. The van der Waals surface area contributed by atoms with Crippen molar-refractivity contribution in [2.45, 2.75) is 13.8 Å². The molecule has 0 aliphatic rings. The van der Waals surface area contributed by atoms with Gasteiger partial charge in [0.2, 0.25) is 11.6 Å². The maximum absolute atomic E-state index is 5.47. The van der Waals surface area contributed by atoms with Crippen LogP contribution in [0.4, 0.5) is 17.6 Å². The highest BCUT2D eigenvalue weighted by molar-refractivity contribution is 5.80. The highest BCUT2D eigenvalue weighted by Crippen LogP contribution is 2.26. The van der Waals surface area contributed by atoms with Crippen LogP contribution in [0.3, 0.4) is 0 Å². The first-order valence-corrected chi connectivity index (χ1v) is 9.05. The average molecular weight is 362 g/mol. The first kappa shape index (κ1) is 17.1. The summed E-state index contributed by atoms with van der Waals surface area (Å²) in [5, 5.41) is 8.95. The number of aromatic nitrogens is 4. The van der Waals surface area contributed by atoms with Gasteiger partial charge in [-0.05, 0) is 44.2 Å². The van der Waals surface area contributed by atoms with Crippen LogP contribution < -0.4 is 15.0 Å². The fourth-order valence-corrected chi connectivity index (χ4v) is 3.18. The van der Waals surface area contributed by atoms with Crippen LogP contribution in [0, 0.1) is 0 Å². The van der Waals surface area contributed by atoms with Gasteiger partial charge in [-0.25, -0.2) is 4.98 Å². The number of ether oxygens (including phenoxy) is 1. The van der Waals surface area contributed by atoms with Crippen molar-refractivity contribution in [3.8, 4) is 5.75 Å². The van der Waals surface area contributed by atoms with E-state index in [1.54, 1.807) is 7.11 Å². The summed E-state index contributed by atoms with van der Waals surface area (Å²) in [6.07, 6.45) is 0. The Kier molecular flexibility index (Phi) is 4.50.